The van der Waals surface area contributed by atoms with Gasteiger partial charge in [0.2, 0.25) is 0 Å². The molecule has 0 atom stereocenters. The molecule has 0 bridgehead atoms. The van der Waals surface area contributed by atoms with Gasteiger partial charge in [0.1, 0.15) is 5.75 Å². The highest BCUT2D eigenvalue weighted by molar-refractivity contribution is 9.10. The molecule has 0 aromatic heterocycles. The molecule has 0 unspecified atom stereocenters. The first-order valence-corrected chi connectivity index (χ1v) is 11.6. The molecule has 30 heavy (non-hydrogen) atoms. The number of halogens is 3. The van der Waals surface area contributed by atoms with Crippen molar-refractivity contribution in [2.45, 2.75) is 12.8 Å². The van der Waals surface area contributed by atoms with Gasteiger partial charge in [0.05, 0.1) is 28.4 Å². The van der Waals surface area contributed by atoms with Crippen LogP contribution >= 0.6 is 39.1 Å². The lowest BCUT2D eigenvalue weighted by Crippen LogP contribution is -2.46. The third kappa shape index (κ3) is 6.03. The summed E-state index contributed by atoms with van der Waals surface area (Å²) in [5, 5.41) is 3.62. The number of benzene rings is 2. The molecule has 1 amide bonds. The van der Waals surface area contributed by atoms with Gasteiger partial charge in [-0.15, -0.1) is 0 Å². The Labute approximate surface area is 196 Å². The molecular formula is C22H26BrCl2N3O2. The third-order valence-corrected chi connectivity index (χ3v) is 6.55. The molecule has 0 radical (unpaired) electrons. The zero-order valence-electron chi connectivity index (χ0n) is 17.0. The van der Waals surface area contributed by atoms with E-state index in [0.29, 0.717) is 22.2 Å². The Hall–Kier alpha value is -1.47. The number of methoxy groups -OCH3 is 1. The molecule has 1 saturated heterocycles. The van der Waals surface area contributed by atoms with Crippen molar-refractivity contribution in [3.8, 4) is 5.75 Å². The number of amides is 1. The summed E-state index contributed by atoms with van der Waals surface area (Å²) >= 11 is 15.6. The second kappa shape index (κ2) is 11.2. The predicted molar refractivity (Wildman–Crippen MR) is 127 cm³/mol. The molecule has 8 heteroatoms. The molecule has 2 aromatic carbocycles. The molecule has 1 aliphatic heterocycles. The zero-order chi connectivity index (χ0) is 21.5. The molecule has 0 saturated carbocycles. The molecule has 1 fully saturated rings. The SMILES string of the molecule is COc1cc(Br)ccc1N1CCN(CCCCNC(=O)c2cccc(Cl)c2Cl)CC1. The van der Waals surface area contributed by atoms with Crippen molar-refractivity contribution in [3.63, 3.8) is 0 Å². The molecule has 0 spiro atoms. The van der Waals surface area contributed by atoms with Crippen LogP contribution in [-0.2, 0) is 0 Å². The quantitative estimate of drug-likeness (QED) is 0.498. The number of carbonyl (C=O) groups excluding carboxylic acids is 1. The van der Waals surface area contributed by atoms with Crippen LogP contribution in [-0.4, -0.2) is 57.2 Å². The fourth-order valence-electron chi connectivity index (χ4n) is 3.56. The van der Waals surface area contributed by atoms with E-state index in [1.807, 2.05) is 6.07 Å². The van der Waals surface area contributed by atoms with E-state index in [0.717, 1.165) is 61.5 Å². The van der Waals surface area contributed by atoms with Crippen LogP contribution in [0.5, 0.6) is 5.75 Å². The summed E-state index contributed by atoms with van der Waals surface area (Å²) in [6.07, 6.45) is 1.95. The van der Waals surface area contributed by atoms with Gasteiger partial charge in [-0.3, -0.25) is 9.69 Å². The monoisotopic (exact) mass is 513 g/mol. The van der Waals surface area contributed by atoms with Gasteiger partial charge in [-0.2, -0.15) is 0 Å². The first kappa shape index (κ1) is 23.2. The Morgan fingerprint density at radius 3 is 2.63 bits per heavy atom. The Bertz CT molecular complexity index is 873. The van der Waals surface area contributed by atoms with Crippen LogP contribution in [0.2, 0.25) is 10.0 Å². The van der Waals surface area contributed by atoms with Crippen molar-refractivity contribution >= 4 is 50.7 Å². The minimum absolute atomic E-state index is 0.181. The van der Waals surface area contributed by atoms with Crippen LogP contribution in [0.1, 0.15) is 23.2 Å². The Balaban J connectivity index is 1.36. The van der Waals surface area contributed by atoms with E-state index >= 15 is 0 Å². The van der Waals surface area contributed by atoms with Gasteiger partial charge in [0, 0.05) is 37.2 Å². The molecule has 162 valence electrons. The molecule has 0 aliphatic carbocycles. The number of anilines is 1. The van der Waals surface area contributed by atoms with Gasteiger partial charge < -0.3 is 15.0 Å². The highest BCUT2D eigenvalue weighted by atomic mass is 79.9. The number of hydrogen-bond acceptors (Lipinski definition) is 4. The minimum atomic E-state index is -0.181. The fraction of sp³-hybridized carbons (Fsp3) is 0.409. The third-order valence-electron chi connectivity index (χ3n) is 5.24. The predicted octanol–water partition coefficient (Wildman–Crippen LogP) is 5.10. The van der Waals surface area contributed by atoms with E-state index < -0.39 is 0 Å². The molecule has 5 nitrogen and oxygen atoms in total. The van der Waals surface area contributed by atoms with Gasteiger partial charge in [0.15, 0.2) is 0 Å². The Morgan fingerprint density at radius 2 is 1.90 bits per heavy atom. The van der Waals surface area contributed by atoms with E-state index in [4.69, 9.17) is 27.9 Å². The van der Waals surface area contributed by atoms with Crippen molar-refractivity contribution < 1.29 is 9.53 Å². The smallest absolute Gasteiger partial charge is 0.252 e. The summed E-state index contributed by atoms with van der Waals surface area (Å²) < 4.78 is 6.55. The highest BCUT2D eigenvalue weighted by Gasteiger charge is 2.19. The number of unbranched alkanes of at least 4 members (excludes halogenated alkanes) is 1. The maximum Gasteiger partial charge on any atom is 0.252 e. The highest BCUT2D eigenvalue weighted by Crippen LogP contribution is 2.32. The van der Waals surface area contributed by atoms with Gasteiger partial charge in [-0.1, -0.05) is 45.2 Å². The number of nitrogens with one attached hydrogen (secondary N) is 1. The second-order valence-electron chi connectivity index (χ2n) is 7.21. The first-order chi connectivity index (χ1) is 14.5. The zero-order valence-corrected chi connectivity index (χ0v) is 20.1. The topological polar surface area (TPSA) is 44.8 Å². The van der Waals surface area contributed by atoms with Crippen LogP contribution in [0.3, 0.4) is 0 Å². The van der Waals surface area contributed by atoms with Crippen molar-refractivity contribution in [1.82, 2.24) is 10.2 Å². The normalized spacial score (nSPS) is 14.6. The molecule has 1 heterocycles. The number of rotatable bonds is 8. The Morgan fingerprint density at radius 1 is 1.13 bits per heavy atom. The average Bonchev–Trinajstić information content (AvgIpc) is 2.75. The van der Waals surface area contributed by atoms with E-state index in [-0.39, 0.29) is 5.91 Å². The van der Waals surface area contributed by atoms with Crippen LogP contribution in [0.25, 0.3) is 0 Å². The first-order valence-electron chi connectivity index (χ1n) is 10.0. The number of carbonyl (C=O) groups is 1. The summed E-state index contributed by atoms with van der Waals surface area (Å²) in [5.41, 5.74) is 1.56. The van der Waals surface area contributed by atoms with Gasteiger partial charge in [0.25, 0.3) is 5.91 Å². The van der Waals surface area contributed by atoms with Crippen LogP contribution < -0.4 is 15.0 Å². The largest absolute Gasteiger partial charge is 0.495 e. The minimum Gasteiger partial charge on any atom is -0.495 e. The maximum atomic E-state index is 12.2. The van der Waals surface area contributed by atoms with Gasteiger partial charge in [-0.05, 0) is 49.7 Å². The van der Waals surface area contributed by atoms with Gasteiger partial charge >= 0.3 is 0 Å². The van der Waals surface area contributed by atoms with Crippen molar-refractivity contribution in [2.24, 2.45) is 0 Å². The van der Waals surface area contributed by atoms with E-state index in [1.165, 1.54) is 0 Å². The van der Waals surface area contributed by atoms with Crippen LogP contribution in [0.15, 0.2) is 40.9 Å². The van der Waals surface area contributed by atoms with Crippen molar-refractivity contribution in [3.05, 3.63) is 56.5 Å². The molecule has 1 N–H and O–H groups in total. The standard InChI is InChI=1S/C22H26BrCl2N3O2/c1-30-20-15-16(23)7-8-19(20)28-13-11-27(12-14-28)10-3-2-9-26-22(29)17-5-4-6-18(24)21(17)25/h4-8,15H,2-3,9-14H2,1H3,(H,26,29). The lowest BCUT2D eigenvalue weighted by atomic mass is 10.2. The van der Waals surface area contributed by atoms with Crippen LogP contribution in [0, 0.1) is 0 Å². The fourth-order valence-corrected chi connectivity index (χ4v) is 4.29. The van der Waals surface area contributed by atoms with E-state index in [1.54, 1.807) is 25.3 Å². The van der Waals surface area contributed by atoms with Crippen molar-refractivity contribution in [2.75, 3.05) is 51.3 Å². The van der Waals surface area contributed by atoms with E-state index in [9.17, 15) is 4.79 Å². The summed E-state index contributed by atoms with van der Waals surface area (Å²) in [5.74, 6) is 0.716. The number of nitrogens with zero attached hydrogens (tertiary/aromatic N) is 2. The summed E-state index contributed by atoms with van der Waals surface area (Å²) in [6.45, 7) is 5.63. The average molecular weight is 515 g/mol. The summed E-state index contributed by atoms with van der Waals surface area (Å²) in [4.78, 5) is 17.1. The van der Waals surface area contributed by atoms with E-state index in [2.05, 4.69) is 43.2 Å². The second-order valence-corrected chi connectivity index (χ2v) is 8.91. The maximum absolute atomic E-state index is 12.2. The molecule has 3 rings (SSSR count). The molecule has 2 aromatic rings. The summed E-state index contributed by atoms with van der Waals surface area (Å²) in [7, 11) is 1.71. The molecule has 1 aliphatic rings. The lowest BCUT2D eigenvalue weighted by Gasteiger charge is -2.36. The summed E-state index contributed by atoms with van der Waals surface area (Å²) in [6, 6.07) is 11.2. The van der Waals surface area contributed by atoms with Crippen LogP contribution in [0.4, 0.5) is 5.69 Å². The Kier molecular flexibility index (Phi) is 8.69. The number of ether oxygens (including phenoxy) is 1. The van der Waals surface area contributed by atoms with Gasteiger partial charge in [-0.25, -0.2) is 0 Å². The molecular weight excluding hydrogens is 489 g/mol. The number of piperazine rings is 1. The van der Waals surface area contributed by atoms with Crippen molar-refractivity contribution in [1.29, 1.82) is 0 Å². The number of hydrogen-bond donors (Lipinski definition) is 1. The lowest BCUT2D eigenvalue weighted by molar-refractivity contribution is 0.0952.